The summed E-state index contributed by atoms with van der Waals surface area (Å²) in [6, 6.07) is 9.34. The highest BCUT2D eigenvalue weighted by Gasteiger charge is 2.56. The van der Waals surface area contributed by atoms with Gasteiger partial charge in [-0.1, -0.05) is 19.8 Å². The van der Waals surface area contributed by atoms with Crippen LogP contribution in [0.4, 0.5) is 38.9 Å². The summed E-state index contributed by atoms with van der Waals surface area (Å²) in [4.78, 5) is 82.0. The second-order valence-electron chi connectivity index (χ2n) is 19.6. The third kappa shape index (κ3) is 9.20. The lowest BCUT2D eigenvalue weighted by molar-refractivity contribution is -0.141. The molecular formula is C49H63FN10O7. The van der Waals surface area contributed by atoms with Gasteiger partial charge in [-0.25, -0.2) is 9.37 Å². The number of amides is 5. The lowest BCUT2D eigenvalue weighted by Crippen LogP contribution is -2.64. The number of likely N-dealkylation sites (N-methyl/N-ethyl adjacent to an activating group) is 1. The molecule has 5 amide bonds. The molecule has 1 aromatic heterocycles. The molecule has 0 radical (unpaired) electrons. The first-order valence-corrected chi connectivity index (χ1v) is 24.1. The molecule has 67 heavy (non-hydrogen) atoms. The van der Waals surface area contributed by atoms with Gasteiger partial charge < -0.3 is 45.4 Å². The Bertz CT molecular complexity index is 2390. The lowest BCUT2D eigenvalue weighted by Gasteiger charge is -2.59. The van der Waals surface area contributed by atoms with Gasteiger partial charge >= 0.3 is 0 Å². The molecule has 5 heterocycles. The van der Waals surface area contributed by atoms with Gasteiger partial charge in [0.15, 0.2) is 5.82 Å². The summed E-state index contributed by atoms with van der Waals surface area (Å²) >= 11 is 0. The Hall–Kier alpha value is -6.04. The molecule has 0 bridgehead atoms. The summed E-state index contributed by atoms with van der Waals surface area (Å²) in [5.41, 5.74) is 1.99. The van der Waals surface area contributed by atoms with Crippen LogP contribution in [0.1, 0.15) is 107 Å². The molecule has 358 valence electrons. The second-order valence-corrected chi connectivity index (χ2v) is 19.6. The van der Waals surface area contributed by atoms with Crippen LogP contribution in [0.3, 0.4) is 0 Å². The summed E-state index contributed by atoms with van der Waals surface area (Å²) in [6.07, 6.45) is 11.9. The molecule has 5 N–H and O–H groups in total. The number of carbonyl (C=O) groups excluding carboxylic acids is 5. The average molecular weight is 923 g/mol. The minimum absolute atomic E-state index is 0.0354. The zero-order chi connectivity index (χ0) is 47.0. The van der Waals surface area contributed by atoms with Crippen LogP contribution in [0.5, 0.6) is 5.75 Å². The summed E-state index contributed by atoms with van der Waals surface area (Å²) in [5, 5.41) is 22.0. The molecule has 17 nitrogen and oxygen atoms in total. The quantitative estimate of drug-likeness (QED) is 0.139. The van der Waals surface area contributed by atoms with Crippen molar-refractivity contribution in [1.82, 2.24) is 25.5 Å². The third-order valence-corrected chi connectivity index (χ3v) is 15.4. The van der Waals surface area contributed by atoms with Crippen molar-refractivity contribution in [2.75, 3.05) is 72.3 Å². The topological polar surface area (TPSA) is 202 Å². The number of halogens is 1. The van der Waals surface area contributed by atoms with E-state index in [1.807, 2.05) is 16.7 Å². The smallest absolute Gasteiger partial charge is 0.251 e. The van der Waals surface area contributed by atoms with Crippen molar-refractivity contribution in [3.05, 3.63) is 54.0 Å². The van der Waals surface area contributed by atoms with E-state index in [-0.39, 0.29) is 60.1 Å². The van der Waals surface area contributed by atoms with E-state index in [4.69, 9.17) is 9.72 Å². The van der Waals surface area contributed by atoms with Gasteiger partial charge in [0.2, 0.25) is 29.6 Å². The summed E-state index contributed by atoms with van der Waals surface area (Å²) in [6.45, 7) is 4.31. The molecule has 4 aliphatic heterocycles. The zero-order valence-corrected chi connectivity index (χ0v) is 38.7. The van der Waals surface area contributed by atoms with Gasteiger partial charge in [-0.2, -0.15) is 4.98 Å². The van der Waals surface area contributed by atoms with Crippen LogP contribution in [0.15, 0.2) is 42.6 Å². The van der Waals surface area contributed by atoms with E-state index < -0.39 is 23.3 Å². The van der Waals surface area contributed by atoms with Gasteiger partial charge in [0, 0.05) is 75.0 Å². The van der Waals surface area contributed by atoms with Crippen LogP contribution in [0.2, 0.25) is 0 Å². The number of nitrogens with zero attached hydrogens (tertiary/aromatic N) is 6. The average Bonchev–Trinajstić information content (AvgIpc) is 3.86. The lowest BCUT2D eigenvalue weighted by atomic mass is 9.52. The monoisotopic (exact) mass is 922 g/mol. The van der Waals surface area contributed by atoms with Gasteiger partial charge in [0.1, 0.15) is 29.3 Å². The Morgan fingerprint density at radius 1 is 0.970 bits per heavy atom. The van der Waals surface area contributed by atoms with Gasteiger partial charge in [0.25, 0.3) is 5.91 Å². The second kappa shape index (κ2) is 18.9. The highest BCUT2D eigenvalue weighted by Crippen LogP contribution is 2.56. The van der Waals surface area contributed by atoms with Crippen molar-refractivity contribution >= 4 is 64.1 Å². The van der Waals surface area contributed by atoms with Crippen molar-refractivity contribution < 1.29 is 38.2 Å². The molecule has 3 saturated heterocycles. The molecule has 2 atom stereocenters. The maximum Gasteiger partial charge on any atom is 0.251 e. The number of aromatic nitrogens is 2. The number of aliphatic hydroxyl groups excluding tert-OH is 1. The molecule has 9 rings (SSSR count). The first-order valence-electron chi connectivity index (χ1n) is 24.1. The van der Waals surface area contributed by atoms with Gasteiger partial charge in [-0.15, -0.1) is 0 Å². The molecule has 6 aliphatic rings. The van der Waals surface area contributed by atoms with E-state index in [1.165, 1.54) is 6.07 Å². The van der Waals surface area contributed by atoms with Crippen LogP contribution in [-0.2, 0) is 19.2 Å². The maximum absolute atomic E-state index is 15.3. The highest BCUT2D eigenvalue weighted by atomic mass is 19.1. The van der Waals surface area contributed by atoms with Crippen LogP contribution in [-0.4, -0.2) is 120 Å². The molecular weight excluding hydrogens is 860 g/mol. The van der Waals surface area contributed by atoms with Crippen molar-refractivity contribution in [1.29, 1.82) is 0 Å². The fourth-order valence-corrected chi connectivity index (χ4v) is 11.8. The molecule has 1 unspecified atom stereocenters. The van der Waals surface area contributed by atoms with Gasteiger partial charge in [-0.05, 0) is 112 Å². The number of anilines is 6. The summed E-state index contributed by atoms with van der Waals surface area (Å²) in [5.74, 6) is 0.173. The SMILES string of the molecule is CC[C@@H]1C(=O)N(C)c2cnc(Nc3ccc(C(=O)NC4(CCO)CC5(CCN(C(=O)C6CCN(c7ccc(NC8CCC(=O)NC8=O)cc7F)CC6)CC5)C4)cc3OC)nc2N1C1CCCC1. The number of methoxy groups -OCH3 is 1. The molecule has 5 fully saturated rings. The van der Waals surface area contributed by atoms with Crippen molar-refractivity contribution in [3.63, 3.8) is 0 Å². The molecule has 18 heteroatoms. The number of hydrogen-bond acceptors (Lipinski definition) is 13. The Morgan fingerprint density at radius 3 is 2.39 bits per heavy atom. The molecule has 2 saturated carbocycles. The highest BCUT2D eigenvalue weighted by molar-refractivity contribution is 6.04. The Morgan fingerprint density at radius 2 is 1.72 bits per heavy atom. The van der Waals surface area contributed by atoms with Crippen molar-refractivity contribution in [2.45, 2.75) is 120 Å². The minimum Gasteiger partial charge on any atom is -0.495 e. The van der Waals surface area contributed by atoms with E-state index >= 15 is 4.39 Å². The minimum atomic E-state index is -0.600. The normalized spacial score (nSPS) is 22.9. The van der Waals surface area contributed by atoms with Crippen molar-refractivity contribution in [2.24, 2.45) is 11.3 Å². The van der Waals surface area contributed by atoms with Crippen LogP contribution >= 0.6 is 0 Å². The largest absolute Gasteiger partial charge is 0.495 e. The number of ether oxygens (including phenoxy) is 1. The Balaban J connectivity index is 0.775. The number of nitrogens with one attached hydrogen (secondary N) is 4. The number of benzene rings is 2. The molecule has 1 spiro atoms. The van der Waals surface area contributed by atoms with E-state index in [2.05, 4.69) is 31.2 Å². The van der Waals surface area contributed by atoms with E-state index in [0.717, 1.165) is 44.3 Å². The third-order valence-electron chi connectivity index (χ3n) is 15.4. The van der Waals surface area contributed by atoms with Gasteiger partial charge in [-0.3, -0.25) is 29.3 Å². The number of imide groups is 1. The first kappa shape index (κ1) is 46.1. The summed E-state index contributed by atoms with van der Waals surface area (Å²) < 4.78 is 21.1. The number of rotatable bonds is 13. The number of likely N-dealkylation sites (tertiary alicyclic amines) is 1. The standard InChI is InChI=1S/C49H63FN10O7/c1-4-37-46(66)57(2)39-27-51-47(55-42(39)60(37)33-7-5-6-8-33)53-35-11-9-31(25-40(35)67-3)43(63)56-49(19-24-61)28-48(29-49)17-22-59(23-18-48)45(65)30-15-20-58(21-16-30)38-13-10-32(26-34(38)50)52-36-12-14-41(62)54-44(36)64/h9-11,13,25-27,30,33,36-37,52,61H,4-8,12,14-24,28-29H2,1-3H3,(H,56,63)(H,51,53,55)(H,54,62,64)/t36?,37-/m1/s1. The van der Waals surface area contributed by atoms with Crippen LogP contribution in [0, 0.1) is 17.2 Å². The van der Waals surface area contributed by atoms with Crippen molar-refractivity contribution in [3.8, 4) is 5.75 Å². The first-order chi connectivity index (χ1) is 32.3. The number of aliphatic hydroxyl groups is 1. The predicted molar refractivity (Wildman–Crippen MR) is 251 cm³/mol. The number of piperidine rings is 3. The molecule has 3 aromatic rings. The number of fused-ring (bicyclic) bond motifs is 1. The zero-order valence-electron chi connectivity index (χ0n) is 38.7. The summed E-state index contributed by atoms with van der Waals surface area (Å²) in [7, 11) is 3.32. The fourth-order valence-electron chi connectivity index (χ4n) is 11.8. The van der Waals surface area contributed by atoms with E-state index in [1.54, 1.807) is 55.6 Å². The van der Waals surface area contributed by atoms with Gasteiger partial charge in [0.05, 0.1) is 24.7 Å². The molecule has 2 aromatic carbocycles. The maximum atomic E-state index is 15.3. The van der Waals surface area contributed by atoms with E-state index in [0.29, 0.717) is 111 Å². The Labute approximate surface area is 390 Å². The molecule has 2 aliphatic carbocycles. The number of hydrogen-bond donors (Lipinski definition) is 5. The van der Waals surface area contributed by atoms with Crippen LogP contribution < -0.4 is 40.7 Å². The fraction of sp³-hybridized carbons (Fsp3) is 0.571. The number of carbonyl (C=O) groups is 5. The van der Waals surface area contributed by atoms with E-state index in [9.17, 15) is 29.1 Å². The Kier molecular flexibility index (Phi) is 13.0. The van der Waals surface area contributed by atoms with Crippen LogP contribution in [0.25, 0.3) is 0 Å². The predicted octanol–water partition coefficient (Wildman–Crippen LogP) is 5.26.